The Morgan fingerprint density at radius 3 is 2.68 bits per heavy atom. The minimum Gasteiger partial charge on any atom is -0.381 e. The first-order valence-electron chi connectivity index (χ1n) is 6.50. The largest absolute Gasteiger partial charge is 0.381 e. The monoisotopic (exact) mass is 267 g/mol. The van der Waals surface area contributed by atoms with Gasteiger partial charge in [0.15, 0.2) is 0 Å². The van der Waals surface area contributed by atoms with Crippen LogP contribution in [0.2, 0.25) is 0 Å². The molecule has 0 amide bonds. The quantitative estimate of drug-likeness (QED) is 0.693. The molecular formula is C17H17NS. The fourth-order valence-electron chi connectivity index (χ4n) is 2.22. The molecule has 1 heterocycles. The SMILES string of the molecule is Cc1ccc(NCc2csc3ccccc23)cc1C. The molecule has 3 aromatic rings. The molecule has 1 nitrogen and oxygen atoms in total. The molecule has 19 heavy (non-hydrogen) atoms. The highest BCUT2D eigenvalue weighted by Crippen LogP contribution is 2.26. The van der Waals surface area contributed by atoms with Gasteiger partial charge in [-0.05, 0) is 59.5 Å². The van der Waals surface area contributed by atoms with Gasteiger partial charge in [0, 0.05) is 16.9 Å². The molecule has 0 bridgehead atoms. The van der Waals surface area contributed by atoms with Crippen LogP contribution in [0.4, 0.5) is 5.69 Å². The van der Waals surface area contributed by atoms with Crippen LogP contribution in [0.5, 0.6) is 0 Å². The first-order chi connectivity index (χ1) is 9.24. The van der Waals surface area contributed by atoms with Gasteiger partial charge in [0.2, 0.25) is 0 Å². The lowest BCUT2D eigenvalue weighted by Crippen LogP contribution is -1.99. The van der Waals surface area contributed by atoms with Gasteiger partial charge in [-0.25, -0.2) is 0 Å². The Kier molecular flexibility index (Phi) is 3.26. The number of hydrogen-bond acceptors (Lipinski definition) is 2. The van der Waals surface area contributed by atoms with Crippen molar-refractivity contribution in [2.75, 3.05) is 5.32 Å². The van der Waals surface area contributed by atoms with Gasteiger partial charge in [-0.3, -0.25) is 0 Å². The summed E-state index contributed by atoms with van der Waals surface area (Å²) in [6, 6.07) is 15.1. The minimum absolute atomic E-state index is 0.881. The summed E-state index contributed by atoms with van der Waals surface area (Å²) >= 11 is 1.81. The van der Waals surface area contributed by atoms with Crippen LogP contribution < -0.4 is 5.32 Å². The maximum Gasteiger partial charge on any atom is 0.0415 e. The molecule has 1 aromatic heterocycles. The van der Waals surface area contributed by atoms with Crippen LogP contribution in [-0.2, 0) is 6.54 Å². The number of fused-ring (bicyclic) bond motifs is 1. The standard InChI is InChI=1S/C17H17NS/c1-12-7-8-15(9-13(12)2)18-10-14-11-19-17-6-4-3-5-16(14)17/h3-9,11,18H,10H2,1-2H3. The Morgan fingerprint density at radius 2 is 1.84 bits per heavy atom. The third-order valence-electron chi connectivity index (χ3n) is 3.55. The van der Waals surface area contributed by atoms with E-state index in [9.17, 15) is 0 Å². The number of nitrogens with one attached hydrogen (secondary N) is 1. The van der Waals surface area contributed by atoms with Crippen molar-refractivity contribution in [2.45, 2.75) is 20.4 Å². The van der Waals surface area contributed by atoms with Crippen molar-refractivity contribution in [1.29, 1.82) is 0 Å². The summed E-state index contributed by atoms with van der Waals surface area (Å²) < 4.78 is 1.36. The first-order valence-corrected chi connectivity index (χ1v) is 7.38. The lowest BCUT2D eigenvalue weighted by Gasteiger charge is -2.08. The number of hydrogen-bond donors (Lipinski definition) is 1. The summed E-state index contributed by atoms with van der Waals surface area (Å²) in [7, 11) is 0. The van der Waals surface area contributed by atoms with Crippen LogP contribution >= 0.6 is 11.3 Å². The van der Waals surface area contributed by atoms with Gasteiger partial charge >= 0.3 is 0 Å². The molecule has 0 saturated carbocycles. The molecule has 1 N–H and O–H groups in total. The van der Waals surface area contributed by atoms with E-state index in [1.807, 2.05) is 11.3 Å². The van der Waals surface area contributed by atoms with Crippen molar-refractivity contribution in [3.8, 4) is 0 Å². The van der Waals surface area contributed by atoms with E-state index in [4.69, 9.17) is 0 Å². The van der Waals surface area contributed by atoms with E-state index < -0.39 is 0 Å². The average molecular weight is 267 g/mol. The molecule has 0 aliphatic carbocycles. The summed E-state index contributed by atoms with van der Waals surface area (Å²) in [6.45, 7) is 5.18. The van der Waals surface area contributed by atoms with Crippen LogP contribution in [0.15, 0.2) is 47.8 Å². The van der Waals surface area contributed by atoms with Crippen molar-refractivity contribution in [3.05, 3.63) is 64.5 Å². The summed E-state index contributed by atoms with van der Waals surface area (Å²) in [5, 5.41) is 7.13. The topological polar surface area (TPSA) is 12.0 Å². The molecule has 0 fully saturated rings. The fourth-order valence-corrected chi connectivity index (χ4v) is 3.18. The van der Waals surface area contributed by atoms with Gasteiger partial charge in [0.25, 0.3) is 0 Å². The van der Waals surface area contributed by atoms with Gasteiger partial charge in [-0.2, -0.15) is 0 Å². The molecule has 3 rings (SSSR count). The van der Waals surface area contributed by atoms with E-state index in [1.165, 1.54) is 32.5 Å². The highest BCUT2D eigenvalue weighted by Gasteiger charge is 2.03. The molecule has 0 saturated heterocycles. The highest BCUT2D eigenvalue weighted by molar-refractivity contribution is 7.17. The zero-order valence-electron chi connectivity index (χ0n) is 11.2. The van der Waals surface area contributed by atoms with E-state index >= 15 is 0 Å². The van der Waals surface area contributed by atoms with Crippen molar-refractivity contribution >= 4 is 27.1 Å². The van der Waals surface area contributed by atoms with Gasteiger partial charge in [-0.1, -0.05) is 24.3 Å². The molecular weight excluding hydrogens is 250 g/mol. The second-order valence-corrected chi connectivity index (χ2v) is 5.82. The van der Waals surface area contributed by atoms with Crippen molar-refractivity contribution < 1.29 is 0 Å². The van der Waals surface area contributed by atoms with E-state index in [-0.39, 0.29) is 0 Å². The van der Waals surface area contributed by atoms with Gasteiger partial charge in [-0.15, -0.1) is 11.3 Å². The molecule has 96 valence electrons. The molecule has 0 unspecified atom stereocenters. The van der Waals surface area contributed by atoms with Gasteiger partial charge in [0.1, 0.15) is 0 Å². The number of thiophene rings is 1. The third-order valence-corrected chi connectivity index (χ3v) is 4.56. The van der Waals surface area contributed by atoms with Crippen LogP contribution in [0, 0.1) is 13.8 Å². The average Bonchev–Trinajstić information content (AvgIpc) is 2.83. The maximum absolute atomic E-state index is 3.51. The Morgan fingerprint density at radius 1 is 1.00 bits per heavy atom. The van der Waals surface area contributed by atoms with Crippen molar-refractivity contribution in [1.82, 2.24) is 0 Å². The van der Waals surface area contributed by atoms with Gasteiger partial charge < -0.3 is 5.32 Å². The Balaban J connectivity index is 1.80. The molecule has 2 heteroatoms. The van der Waals surface area contributed by atoms with E-state index in [2.05, 4.69) is 67.0 Å². The lowest BCUT2D eigenvalue weighted by atomic mass is 10.1. The van der Waals surface area contributed by atoms with E-state index in [0.717, 1.165) is 6.54 Å². The van der Waals surface area contributed by atoms with Gasteiger partial charge in [0.05, 0.1) is 0 Å². The number of benzene rings is 2. The highest BCUT2D eigenvalue weighted by atomic mass is 32.1. The van der Waals surface area contributed by atoms with Crippen LogP contribution in [-0.4, -0.2) is 0 Å². The molecule has 2 aromatic carbocycles. The predicted octanol–water partition coefficient (Wildman–Crippen LogP) is 5.13. The summed E-state index contributed by atoms with van der Waals surface area (Å²) in [6.07, 6.45) is 0. The Labute approximate surface area is 117 Å². The summed E-state index contributed by atoms with van der Waals surface area (Å²) in [5.41, 5.74) is 5.24. The smallest absolute Gasteiger partial charge is 0.0415 e. The zero-order valence-corrected chi connectivity index (χ0v) is 12.1. The number of rotatable bonds is 3. The molecule has 0 atom stereocenters. The van der Waals surface area contributed by atoms with E-state index in [1.54, 1.807) is 0 Å². The molecule has 0 aliphatic heterocycles. The summed E-state index contributed by atoms with van der Waals surface area (Å²) in [4.78, 5) is 0. The number of anilines is 1. The zero-order chi connectivity index (χ0) is 13.2. The molecule has 0 radical (unpaired) electrons. The summed E-state index contributed by atoms with van der Waals surface area (Å²) in [5.74, 6) is 0. The van der Waals surface area contributed by atoms with E-state index in [0.29, 0.717) is 0 Å². The van der Waals surface area contributed by atoms with Crippen LogP contribution in [0.3, 0.4) is 0 Å². The second kappa shape index (κ2) is 5.06. The lowest BCUT2D eigenvalue weighted by molar-refractivity contribution is 1.17. The van der Waals surface area contributed by atoms with Crippen molar-refractivity contribution in [2.24, 2.45) is 0 Å². The molecule has 0 aliphatic rings. The minimum atomic E-state index is 0.881. The third kappa shape index (κ3) is 2.49. The fraction of sp³-hybridized carbons (Fsp3) is 0.176. The molecule has 0 spiro atoms. The van der Waals surface area contributed by atoms with Crippen LogP contribution in [0.1, 0.15) is 16.7 Å². The first kappa shape index (κ1) is 12.2. The Hall–Kier alpha value is -1.80. The second-order valence-electron chi connectivity index (χ2n) is 4.91. The Bertz CT molecular complexity index is 712. The predicted molar refractivity (Wildman–Crippen MR) is 85.1 cm³/mol. The van der Waals surface area contributed by atoms with Crippen molar-refractivity contribution in [3.63, 3.8) is 0 Å². The maximum atomic E-state index is 3.51. The normalized spacial score (nSPS) is 10.8. The number of aryl methyl sites for hydroxylation is 2. The van der Waals surface area contributed by atoms with Crippen LogP contribution in [0.25, 0.3) is 10.1 Å².